The molecular weight excluding hydrogens is 523 g/mol. The molecule has 9 nitrogen and oxygen atoms in total. The number of aromatic nitrogens is 2. The smallest absolute Gasteiger partial charge is 0.247 e. The summed E-state index contributed by atoms with van der Waals surface area (Å²) in [5.74, 6) is 0.231. The summed E-state index contributed by atoms with van der Waals surface area (Å²) >= 11 is 0. The highest BCUT2D eigenvalue weighted by Crippen LogP contribution is 2.36. The number of hydrogen-bond acceptors (Lipinski definition) is 8. The molecule has 0 unspecified atom stereocenters. The lowest BCUT2D eigenvalue weighted by atomic mass is 9.97. The molecule has 0 radical (unpaired) electrons. The number of carbonyl (C=O) groups is 1. The highest BCUT2D eigenvalue weighted by atomic mass is 32.2. The van der Waals surface area contributed by atoms with Crippen molar-refractivity contribution in [3.8, 4) is 23.0 Å². The van der Waals surface area contributed by atoms with Gasteiger partial charge in [-0.25, -0.2) is 12.8 Å². The lowest BCUT2D eigenvalue weighted by Gasteiger charge is -2.24. The Bertz CT molecular complexity index is 1630. The second kappa shape index (κ2) is 9.90. The van der Waals surface area contributed by atoms with Gasteiger partial charge in [-0.15, -0.1) is 10.2 Å². The van der Waals surface area contributed by atoms with Gasteiger partial charge in [-0.2, -0.15) is 0 Å². The van der Waals surface area contributed by atoms with Gasteiger partial charge in [0.15, 0.2) is 9.84 Å². The van der Waals surface area contributed by atoms with Gasteiger partial charge in [0.25, 0.3) is 0 Å². The minimum absolute atomic E-state index is 0.000580. The average molecular weight is 551 g/mol. The molecule has 1 aliphatic rings. The highest BCUT2D eigenvalue weighted by molar-refractivity contribution is 7.91. The van der Waals surface area contributed by atoms with Gasteiger partial charge < -0.3 is 19.8 Å². The molecule has 2 heterocycles. The van der Waals surface area contributed by atoms with Crippen LogP contribution in [0, 0.1) is 5.82 Å². The predicted octanol–water partition coefficient (Wildman–Crippen LogP) is 4.61. The van der Waals surface area contributed by atoms with E-state index in [0.29, 0.717) is 28.5 Å². The van der Waals surface area contributed by atoms with E-state index in [0.717, 1.165) is 0 Å². The van der Waals surface area contributed by atoms with Gasteiger partial charge in [-0.05, 0) is 60.2 Å². The zero-order valence-corrected chi connectivity index (χ0v) is 22.4. The van der Waals surface area contributed by atoms with Crippen molar-refractivity contribution in [2.75, 3.05) is 10.7 Å². The van der Waals surface area contributed by atoms with Crippen LogP contribution in [0.25, 0.3) is 11.5 Å². The molecule has 1 aliphatic heterocycles. The van der Waals surface area contributed by atoms with Gasteiger partial charge in [-0.3, -0.25) is 4.79 Å². The van der Waals surface area contributed by atoms with E-state index in [9.17, 15) is 17.6 Å². The average Bonchev–Trinajstić information content (AvgIpc) is 3.38. The fourth-order valence-electron chi connectivity index (χ4n) is 4.13. The number of nitrogens with zero attached hydrogens (tertiary/aromatic N) is 3. The summed E-state index contributed by atoms with van der Waals surface area (Å²) in [6, 6.07) is 15.9. The number of ether oxygens (including phenoxy) is 1. The van der Waals surface area contributed by atoms with Crippen molar-refractivity contribution < 1.29 is 26.8 Å². The normalized spacial score (nSPS) is 17.0. The molecule has 1 atom stereocenters. The monoisotopic (exact) mass is 550 g/mol. The van der Waals surface area contributed by atoms with E-state index in [1.807, 2.05) is 20.8 Å². The SMILES string of the molecule is CC(C)(C)c1nnc(-c2ccc3c(c2)N(Cc2ccc(Oc4ccc(F)cc4)cc2)C(=O)[C@@H](N)CS3(=O)=O)o1. The topological polar surface area (TPSA) is 129 Å². The van der Waals surface area contributed by atoms with Crippen LogP contribution in [0.4, 0.5) is 10.1 Å². The van der Waals surface area contributed by atoms with Gasteiger partial charge in [0.1, 0.15) is 17.3 Å². The van der Waals surface area contributed by atoms with E-state index >= 15 is 0 Å². The van der Waals surface area contributed by atoms with Gasteiger partial charge in [0.05, 0.1) is 28.9 Å². The summed E-state index contributed by atoms with van der Waals surface area (Å²) in [5, 5.41) is 8.24. The first kappa shape index (κ1) is 26.5. The lowest BCUT2D eigenvalue weighted by Crippen LogP contribution is -2.45. The molecule has 0 spiro atoms. The van der Waals surface area contributed by atoms with Crippen LogP contribution in [-0.4, -0.2) is 36.3 Å². The highest BCUT2D eigenvalue weighted by Gasteiger charge is 2.36. The van der Waals surface area contributed by atoms with Crippen molar-refractivity contribution in [3.63, 3.8) is 0 Å². The third-order valence-corrected chi connectivity index (χ3v) is 8.01. The molecule has 0 saturated heterocycles. The number of anilines is 1. The van der Waals surface area contributed by atoms with E-state index in [4.69, 9.17) is 14.9 Å². The van der Waals surface area contributed by atoms with Crippen LogP contribution in [0.1, 0.15) is 32.2 Å². The molecule has 4 aromatic rings. The van der Waals surface area contributed by atoms with Crippen LogP contribution < -0.4 is 15.4 Å². The first-order valence-corrected chi connectivity index (χ1v) is 13.9. The maximum Gasteiger partial charge on any atom is 0.247 e. The second-order valence-corrected chi connectivity index (χ2v) is 12.4. The summed E-state index contributed by atoms with van der Waals surface area (Å²) in [5.41, 5.74) is 7.04. The number of amides is 1. The summed E-state index contributed by atoms with van der Waals surface area (Å²) < 4.78 is 51.0. The summed E-state index contributed by atoms with van der Waals surface area (Å²) in [7, 11) is -3.85. The Balaban J connectivity index is 1.49. The Morgan fingerprint density at radius 1 is 1.03 bits per heavy atom. The molecule has 3 aromatic carbocycles. The third-order valence-electron chi connectivity index (χ3n) is 6.19. The van der Waals surface area contributed by atoms with E-state index in [1.54, 1.807) is 36.4 Å². The summed E-state index contributed by atoms with van der Waals surface area (Å²) in [6.45, 7) is 5.87. The molecule has 39 heavy (non-hydrogen) atoms. The van der Waals surface area contributed by atoms with Crippen LogP contribution in [0.5, 0.6) is 11.5 Å². The Morgan fingerprint density at radius 2 is 1.67 bits per heavy atom. The van der Waals surface area contributed by atoms with Crippen molar-refractivity contribution in [1.29, 1.82) is 0 Å². The van der Waals surface area contributed by atoms with Crippen molar-refractivity contribution >= 4 is 21.4 Å². The summed E-state index contributed by atoms with van der Waals surface area (Å²) in [6.07, 6.45) is 0. The molecule has 0 saturated carbocycles. The molecule has 0 bridgehead atoms. The van der Waals surface area contributed by atoms with Crippen molar-refractivity contribution in [2.45, 2.75) is 43.7 Å². The lowest BCUT2D eigenvalue weighted by molar-refractivity contribution is -0.119. The molecule has 0 aliphatic carbocycles. The largest absolute Gasteiger partial charge is 0.457 e. The zero-order chi connectivity index (χ0) is 27.9. The first-order chi connectivity index (χ1) is 18.4. The Morgan fingerprint density at radius 3 is 2.28 bits per heavy atom. The van der Waals surface area contributed by atoms with Gasteiger partial charge in [0, 0.05) is 11.0 Å². The predicted molar refractivity (Wildman–Crippen MR) is 143 cm³/mol. The number of hydrogen-bond donors (Lipinski definition) is 1. The molecular formula is C28H27FN4O5S. The van der Waals surface area contributed by atoms with E-state index < -0.39 is 27.5 Å². The van der Waals surface area contributed by atoms with E-state index in [-0.39, 0.29) is 34.3 Å². The molecule has 0 fully saturated rings. The number of halogens is 1. The first-order valence-electron chi connectivity index (χ1n) is 12.2. The fraction of sp³-hybridized carbons (Fsp3) is 0.250. The van der Waals surface area contributed by atoms with Crippen LogP contribution in [0.3, 0.4) is 0 Å². The molecule has 1 aromatic heterocycles. The van der Waals surface area contributed by atoms with Gasteiger partial charge in [0.2, 0.25) is 17.7 Å². The molecule has 2 N–H and O–H groups in total. The van der Waals surface area contributed by atoms with Crippen molar-refractivity contribution in [2.24, 2.45) is 5.73 Å². The molecule has 11 heteroatoms. The number of fused-ring (bicyclic) bond motifs is 1. The van der Waals surface area contributed by atoms with Gasteiger partial charge in [-0.1, -0.05) is 32.9 Å². The molecule has 5 rings (SSSR count). The van der Waals surface area contributed by atoms with Gasteiger partial charge >= 0.3 is 0 Å². The minimum Gasteiger partial charge on any atom is -0.457 e. The van der Waals surface area contributed by atoms with E-state index in [1.165, 1.54) is 35.2 Å². The van der Waals surface area contributed by atoms with Crippen molar-refractivity contribution in [1.82, 2.24) is 10.2 Å². The van der Waals surface area contributed by atoms with Crippen LogP contribution >= 0.6 is 0 Å². The van der Waals surface area contributed by atoms with Crippen LogP contribution in [0.2, 0.25) is 0 Å². The molecule has 1 amide bonds. The standard InChI is InChI=1S/C28H27FN4O5S/c1-28(2,3)27-32-31-25(38-27)18-6-13-24-23(14-18)33(26(34)22(30)16-39(24,35)36)15-17-4-9-20(10-5-17)37-21-11-7-19(29)8-12-21/h4-14,22H,15-16,30H2,1-3H3/t22-/m0/s1. The Kier molecular flexibility index (Phi) is 6.73. The Labute approximate surface area is 225 Å². The van der Waals surface area contributed by atoms with Crippen LogP contribution in [-0.2, 0) is 26.6 Å². The Hall–Kier alpha value is -4.09. The van der Waals surface area contributed by atoms with Crippen molar-refractivity contribution in [3.05, 3.63) is 84.0 Å². The fourth-order valence-corrected chi connectivity index (χ4v) is 5.69. The number of benzene rings is 3. The summed E-state index contributed by atoms with van der Waals surface area (Å²) in [4.78, 5) is 14.7. The maximum absolute atomic E-state index is 13.3. The zero-order valence-electron chi connectivity index (χ0n) is 21.6. The third kappa shape index (κ3) is 5.55. The molecule has 202 valence electrons. The number of sulfone groups is 1. The van der Waals surface area contributed by atoms with Crippen LogP contribution in [0.15, 0.2) is 76.0 Å². The van der Waals surface area contributed by atoms with E-state index in [2.05, 4.69) is 10.2 Å². The number of carbonyl (C=O) groups excluding carboxylic acids is 1. The minimum atomic E-state index is -3.85. The quantitative estimate of drug-likeness (QED) is 0.381. The maximum atomic E-state index is 13.3. The number of rotatable bonds is 5. The second-order valence-electron chi connectivity index (χ2n) is 10.4. The number of nitrogens with two attached hydrogens (primary N) is 1.